The van der Waals surface area contributed by atoms with E-state index in [0.29, 0.717) is 44.5 Å². The fourth-order valence-corrected chi connectivity index (χ4v) is 5.96. The van der Waals surface area contributed by atoms with Gasteiger partial charge in [0.15, 0.2) is 5.65 Å². The summed E-state index contributed by atoms with van der Waals surface area (Å²) in [6, 6.07) is 1.78. The highest BCUT2D eigenvalue weighted by atomic mass is 35.5. The number of aromatic nitrogens is 5. The molecule has 0 bridgehead atoms. The van der Waals surface area contributed by atoms with Gasteiger partial charge in [-0.1, -0.05) is 24.9 Å². The maximum Gasteiger partial charge on any atom is 0.266 e. The molecule has 5 rings (SSSR count). The molecule has 8 nitrogen and oxygen atoms in total. The third-order valence-electron chi connectivity index (χ3n) is 7.38. The highest BCUT2D eigenvalue weighted by molar-refractivity contribution is 6.36. The molecule has 3 aromatic heterocycles. The van der Waals surface area contributed by atoms with Crippen LogP contribution in [0, 0.1) is 11.3 Å². The van der Waals surface area contributed by atoms with Crippen LogP contribution < -0.4 is 15.4 Å². The van der Waals surface area contributed by atoms with Crippen LogP contribution >= 0.6 is 11.6 Å². The van der Waals surface area contributed by atoms with Crippen LogP contribution in [0.5, 0.6) is 0 Å². The Labute approximate surface area is 192 Å². The molecule has 1 aliphatic heterocycles. The maximum absolute atomic E-state index is 13.4. The minimum Gasteiger partial charge on any atom is -0.361 e. The molecule has 1 aliphatic carbocycles. The Morgan fingerprint density at radius 3 is 2.66 bits per heavy atom. The number of pyridine rings is 1. The van der Waals surface area contributed by atoms with E-state index in [9.17, 15) is 4.79 Å². The first-order valence-electron chi connectivity index (χ1n) is 11.3. The molecule has 0 amide bonds. The normalized spacial score (nSPS) is 20.4. The number of nitrogens with one attached hydrogen (secondary N) is 1. The van der Waals surface area contributed by atoms with Gasteiger partial charge in [-0.15, -0.1) is 0 Å². The molecule has 0 unspecified atom stereocenters. The van der Waals surface area contributed by atoms with Crippen molar-refractivity contribution in [1.29, 1.82) is 0 Å². The molecule has 32 heavy (non-hydrogen) atoms. The minimum absolute atomic E-state index is 0.122. The van der Waals surface area contributed by atoms with Gasteiger partial charge in [-0.25, -0.2) is 4.98 Å². The summed E-state index contributed by atoms with van der Waals surface area (Å²) in [6.45, 7) is 4.23. The van der Waals surface area contributed by atoms with Gasteiger partial charge >= 0.3 is 0 Å². The fourth-order valence-electron chi connectivity index (χ4n) is 5.59. The molecule has 1 spiro atoms. The van der Waals surface area contributed by atoms with Crippen molar-refractivity contribution >= 4 is 34.4 Å². The van der Waals surface area contributed by atoms with Crippen LogP contribution in [0.4, 0.5) is 11.8 Å². The van der Waals surface area contributed by atoms with E-state index in [-0.39, 0.29) is 5.56 Å². The number of hydrogen-bond donors (Lipinski definition) is 1. The molecule has 9 heteroatoms. The highest BCUT2D eigenvalue weighted by Gasteiger charge is 2.40. The van der Waals surface area contributed by atoms with E-state index in [0.717, 1.165) is 19.0 Å². The zero-order chi connectivity index (χ0) is 22.6. The minimum atomic E-state index is -0.122. The van der Waals surface area contributed by atoms with Crippen molar-refractivity contribution in [2.75, 3.05) is 37.0 Å². The molecule has 1 saturated carbocycles. The second-order valence-electron chi connectivity index (χ2n) is 9.80. The van der Waals surface area contributed by atoms with E-state index in [1.807, 2.05) is 19.0 Å². The smallest absolute Gasteiger partial charge is 0.266 e. The van der Waals surface area contributed by atoms with Crippen molar-refractivity contribution in [3.05, 3.63) is 27.6 Å². The van der Waals surface area contributed by atoms with Gasteiger partial charge in [-0.2, -0.15) is 10.1 Å². The summed E-state index contributed by atoms with van der Waals surface area (Å²) in [4.78, 5) is 26.7. The van der Waals surface area contributed by atoms with Gasteiger partial charge in [0.2, 0.25) is 5.95 Å². The van der Waals surface area contributed by atoms with E-state index in [1.165, 1.54) is 32.1 Å². The summed E-state index contributed by atoms with van der Waals surface area (Å²) in [5.74, 6) is 2.16. The molecule has 0 aromatic carbocycles. The van der Waals surface area contributed by atoms with Gasteiger partial charge in [0.05, 0.1) is 5.02 Å². The van der Waals surface area contributed by atoms with Crippen LogP contribution in [-0.2, 0) is 7.05 Å². The van der Waals surface area contributed by atoms with E-state index in [4.69, 9.17) is 16.6 Å². The van der Waals surface area contributed by atoms with Crippen molar-refractivity contribution in [3.63, 3.8) is 0 Å². The first-order chi connectivity index (χ1) is 15.3. The number of piperidine rings is 1. The van der Waals surface area contributed by atoms with Gasteiger partial charge in [-0.3, -0.25) is 14.5 Å². The van der Waals surface area contributed by atoms with E-state index >= 15 is 0 Å². The zero-order valence-electron chi connectivity index (χ0n) is 19.2. The quantitative estimate of drug-likeness (QED) is 0.646. The molecular formula is C23H30ClN7O. The van der Waals surface area contributed by atoms with Crippen molar-refractivity contribution in [2.24, 2.45) is 18.4 Å². The average Bonchev–Trinajstić information content (AvgIpc) is 3.35. The second kappa shape index (κ2) is 7.76. The van der Waals surface area contributed by atoms with Crippen LogP contribution in [-0.4, -0.2) is 51.9 Å². The predicted molar refractivity (Wildman–Crippen MR) is 129 cm³/mol. The van der Waals surface area contributed by atoms with Crippen molar-refractivity contribution in [1.82, 2.24) is 24.7 Å². The lowest BCUT2D eigenvalue weighted by Crippen LogP contribution is -2.42. The number of nitrogens with zero attached hydrogens (tertiary/aromatic N) is 6. The predicted octanol–water partition coefficient (Wildman–Crippen LogP) is 3.84. The number of hydrogen-bond acceptors (Lipinski definition) is 6. The summed E-state index contributed by atoms with van der Waals surface area (Å²) in [6.07, 6.45) is 8.01. The van der Waals surface area contributed by atoms with Gasteiger partial charge < -0.3 is 9.80 Å². The third-order valence-corrected chi connectivity index (χ3v) is 7.76. The summed E-state index contributed by atoms with van der Waals surface area (Å²) in [7, 11) is 5.55. The lowest BCUT2D eigenvalue weighted by molar-refractivity contribution is 0.217. The topological polar surface area (TPSA) is 82.9 Å². The number of H-pyrrole nitrogens is 1. The highest BCUT2D eigenvalue weighted by Crippen LogP contribution is 2.49. The van der Waals surface area contributed by atoms with Gasteiger partial charge in [0, 0.05) is 46.0 Å². The van der Waals surface area contributed by atoms with Crippen LogP contribution in [0.3, 0.4) is 0 Å². The van der Waals surface area contributed by atoms with E-state index < -0.39 is 0 Å². The molecular weight excluding hydrogens is 426 g/mol. The molecule has 1 saturated heterocycles. The fraction of sp³-hybridized carbons (Fsp3) is 0.565. The molecule has 1 atom stereocenters. The average molecular weight is 456 g/mol. The van der Waals surface area contributed by atoms with Gasteiger partial charge in [0.25, 0.3) is 5.56 Å². The van der Waals surface area contributed by atoms with Gasteiger partial charge in [-0.05, 0) is 43.1 Å². The van der Waals surface area contributed by atoms with E-state index in [1.54, 1.807) is 23.9 Å². The molecule has 3 aromatic rings. The lowest BCUT2D eigenvalue weighted by atomic mass is 9.76. The van der Waals surface area contributed by atoms with Crippen molar-refractivity contribution < 1.29 is 0 Å². The first-order valence-corrected chi connectivity index (χ1v) is 11.7. The number of fused-ring (bicyclic) bond motifs is 1. The van der Waals surface area contributed by atoms with Crippen LogP contribution in [0.1, 0.15) is 39.0 Å². The second-order valence-corrected chi connectivity index (χ2v) is 10.2. The largest absolute Gasteiger partial charge is 0.361 e. The van der Waals surface area contributed by atoms with Gasteiger partial charge in [0.1, 0.15) is 16.9 Å². The van der Waals surface area contributed by atoms with Crippen LogP contribution in [0.15, 0.2) is 17.1 Å². The summed E-state index contributed by atoms with van der Waals surface area (Å²) in [5, 5.41) is 8.32. The Morgan fingerprint density at radius 2 is 2.00 bits per heavy atom. The SMILES string of the molecule is C[C@H]1CCC2(CCN(c3nc4[nH]nc(-c5ccnc(N(C)C)c5Cl)c4c(=O)n3C)CC2)C1. The number of rotatable bonds is 3. The van der Waals surface area contributed by atoms with E-state index in [2.05, 4.69) is 27.0 Å². The molecule has 2 aliphatic rings. The number of anilines is 2. The molecule has 2 fully saturated rings. The number of halogens is 1. The Balaban J connectivity index is 1.51. The Kier molecular flexibility index (Phi) is 5.15. The summed E-state index contributed by atoms with van der Waals surface area (Å²) < 4.78 is 1.65. The van der Waals surface area contributed by atoms with Crippen LogP contribution in [0.2, 0.25) is 5.02 Å². The molecule has 0 radical (unpaired) electrons. The first kappa shape index (κ1) is 21.2. The summed E-state index contributed by atoms with van der Waals surface area (Å²) in [5.41, 5.74) is 2.03. The number of aromatic amines is 1. The Morgan fingerprint density at radius 1 is 1.25 bits per heavy atom. The zero-order valence-corrected chi connectivity index (χ0v) is 19.9. The third kappa shape index (κ3) is 3.36. The Hall–Kier alpha value is -2.61. The summed E-state index contributed by atoms with van der Waals surface area (Å²) >= 11 is 6.61. The standard InChI is InChI=1S/C23H30ClN7O/c1-14-5-7-23(13-14)8-11-31(12-9-23)22-26-19-16(21(32)30(22)4)18(27-28-19)15-6-10-25-20(17(15)24)29(2)3/h6,10,14H,5,7-9,11-13H2,1-4H3,(H,27,28)/t14-/m0/s1. The lowest BCUT2D eigenvalue weighted by Gasteiger charge is -2.40. The monoisotopic (exact) mass is 455 g/mol. The maximum atomic E-state index is 13.4. The molecule has 4 heterocycles. The molecule has 1 N–H and O–H groups in total. The Bertz CT molecular complexity index is 1220. The van der Waals surface area contributed by atoms with Crippen molar-refractivity contribution in [3.8, 4) is 11.3 Å². The van der Waals surface area contributed by atoms with Crippen molar-refractivity contribution in [2.45, 2.75) is 39.0 Å². The van der Waals surface area contributed by atoms with Crippen LogP contribution in [0.25, 0.3) is 22.3 Å². The molecule has 170 valence electrons.